The topological polar surface area (TPSA) is 86.3 Å². The molecule has 1 aliphatic heterocycles. The number of aromatic amines is 1. The standard InChI is InChI=1S/C20H27ClN6O2S/c1-20(2,3)22-16(28)12-25-8-10-26(11-9-25)17(29)13-27-18(23-24-19(27)30)14-4-6-15(21)7-5-14/h4-7H,8-13H2,1-3H3,(H,22,28)(H,24,30). The molecule has 162 valence electrons. The fraction of sp³-hybridized carbons (Fsp3) is 0.500. The third-order valence-corrected chi connectivity index (χ3v) is 5.32. The summed E-state index contributed by atoms with van der Waals surface area (Å²) in [6.07, 6.45) is 0. The van der Waals surface area contributed by atoms with Crippen LogP contribution in [-0.4, -0.2) is 74.6 Å². The minimum atomic E-state index is -0.250. The number of rotatable bonds is 5. The molecule has 1 fully saturated rings. The second-order valence-corrected chi connectivity index (χ2v) is 9.22. The van der Waals surface area contributed by atoms with Crippen LogP contribution in [0.4, 0.5) is 0 Å². The molecule has 0 radical (unpaired) electrons. The zero-order chi connectivity index (χ0) is 21.9. The normalized spacial score (nSPS) is 15.3. The predicted molar refractivity (Wildman–Crippen MR) is 119 cm³/mol. The Bertz CT molecular complexity index is 955. The molecule has 3 rings (SSSR count). The summed E-state index contributed by atoms with van der Waals surface area (Å²) >= 11 is 11.3. The molecular weight excluding hydrogens is 424 g/mol. The monoisotopic (exact) mass is 450 g/mol. The minimum absolute atomic E-state index is 0.000385. The average Bonchev–Trinajstić information content (AvgIpc) is 3.02. The van der Waals surface area contributed by atoms with Crippen molar-refractivity contribution in [1.29, 1.82) is 0 Å². The van der Waals surface area contributed by atoms with Crippen LogP contribution in [0.1, 0.15) is 20.8 Å². The highest BCUT2D eigenvalue weighted by molar-refractivity contribution is 7.71. The Morgan fingerprint density at radius 1 is 1.13 bits per heavy atom. The van der Waals surface area contributed by atoms with E-state index in [2.05, 4.69) is 20.4 Å². The molecule has 1 aliphatic rings. The first-order valence-corrected chi connectivity index (χ1v) is 10.6. The largest absolute Gasteiger partial charge is 0.350 e. The highest BCUT2D eigenvalue weighted by Crippen LogP contribution is 2.20. The fourth-order valence-electron chi connectivity index (χ4n) is 3.34. The van der Waals surface area contributed by atoms with Gasteiger partial charge in [-0.15, -0.1) is 0 Å². The molecule has 0 bridgehead atoms. The summed E-state index contributed by atoms with van der Waals surface area (Å²) in [6, 6.07) is 7.23. The molecule has 2 aromatic rings. The third kappa shape index (κ3) is 5.90. The van der Waals surface area contributed by atoms with Crippen molar-refractivity contribution in [2.24, 2.45) is 0 Å². The highest BCUT2D eigenvalue weighted by Gasteiger charge is 2.24. The molecule has 1 saturated heterocycles. The van der Waals surface area contributed by atoms with Gasteiger partial charge in [-0.05, 0) is 57.3 Å². The molecule has 2 heterocycles. The van der Waals surface area contributed by atoms with Gasteiger partial charge in [-0.2, -0.15) is 5.10 Å². The van der Waals surface area contributed by atoms with Crippen LogP contribution in [-0.2, 0) is 16.1 Å². The summed E-state index contributed by atoms with van der Waals surface area (Å²) in [5, 5.41) is 10.6. The van der Waals surface area contributed by atoms with E-state index in [1.165, 1.54) is 0 Å². The van der Waals surface area contributed by atoms with Gasteiger partial charge in [0.05, 0.1) is 6.54 Å². The Labute approximate surface area is 186 Å². The summed E-state index contributed by atoms with van der Waals surface area (Å²) < 4.78 is 2.09. The number of halogens is 1. The number of carbonyl (C=O) groups is 2. The predicted octanol–water partition coefficient (Wildman–Crippen LogP) is 2.32. The van der Waals surface area contributed by atoms with Gasteiger partial charge in [-0.1, -0.05) is 11.6 Å². The number of hydrogen-bond acceptors (Lipinski definition) is 5. The van der Waals surface area contributed by atoms with Gasteiger partial charge in [0.25, 0.3) is 0 Å². The molecule has 30 heavy (non-hydrogen) atoms. The lowest BCUT2D eigenvalue weighted by Crippen LogP contribution is -2.53. The molecular formula is C20H27ClN6O2S. The number of nitrogens with zero attached hydrogens (tertiary/aromatic N) is 4. The molecule has 10 heteroatoms. The van der Waals surface area contributed by atoms with Crippen molar-refractivity contribution in [3.8, 4) is 11.4 Å². The number of amides is 2. The van der Waals surface area contributed by atoms with E-state index in [-0.39, 0.29) is 23.9 Å². The molecule has 0 spiro atoms. The lowest BCUT2D eigenvalue weighted by Gasteiger charge is -2.35. The zero-order valence-corrected chi connectivity index (χ0v) is 19.0. The van der Waals surface area contributed by atoms with E-state index in [0.717, 1.165) is 5.56 Å². The van der Waals surface area contributed by atoms with Crippen molar-refractivity contribution in [3.63, 3.8) is 0 Å². The number of benzene rings is 1. The Morgan fingerprint density at radius 2 is 1.77 bits per heavy atom. The Hall–Kier alpha value is -2.23. The molecule has 2 N–H and O–H groups in total. The van der Waals surface area contributed by atoms with E-state index < -0.39 is 0 Å². The first-order chi connectivity index (χ1) is 14.1. The van der Waals surface area contributed by atoms with Crippen LogP contribution in [0.5, 0.6) is 0 Å². The maximum atomic E-state index is 12.9. The molecule has 2 amide bonds. The second kappa shape index (κ2) is 9.28. The van der Waals surface area contributed by atoms with Crippen molar-refractivity contribution in [2.45, 2.75) is 32.9 Å². The molecule has 0 atom stereocenters. The summed E-state index contributed by atoms with van der Waals surface area (Å²) in [6.45, 7) is 8.79. The summed E-state index contributed by atoms with van der Waals surface area (Å²) in [5.74, 6) is 0.573. The van der Waals surface area contributed by atoms with Gasteiger partial charge in [0.1, 0.15) is 6.54 Å². The first kappa shape index (κ1) is 22.5. The lowest BCUT2D eigenvalue weighted by molar-refractivity contribution is -0.134. The van der Waals surface area contributed by atoms with Crippen molar-refractivity contribution >= 4 is 35.6 Å². The van der Waals surface area contributed by atoms with E-state index in [4.69, 9.17) is 23.8 Å². The molecule has 1 aromatic heterocycles. The number of piperazine rings is 1. The van der Waals surface area contributed by atoms with E-state index in [0.29, 0.717) is 48.3 Å². The van der Waals surface area contributed by atoms with Crippen molar-refractivity contribution in [2.75, 3.05) is 32.7 Å². The van der Waals surface area contributed by atoms with E-state index in [9.17, 15) is 9.59 Å². The van der Waals surface area contributed by atoms with Gasteiger partial charge in [-0.25, -0.2) is 0 Å². The second-order valence-electron chi connectivity index (χ2n) is 8.40. The van der Waals surface area contributed by atoms with Crippen molar-refractivity contribution in [1.82, 2.24) is 29.9 Å². The smallest absolute Gasteiger partial charge is 0.242 e. The van der Waals surface area contributed by atoms with E-state index >= 15 is 0 Å². The van der Waals surface area contributed by atoms with Crippen LogP contribution in [0, 0.1) is 4.77 Å². The molecule has 8 nitrogen and oxygen atoms in total. The van der Waals surface area contributed by atoms with Crippen molar-refractivity contribution in [3.05, 3.63) is 34.1 Å². The minimum Gasteiger partial charge on any atom is -0.350 e. The Balaban J connectivity index is 1.58. The summed E-state index contributed by atoms with van der Waals surface area (Å²) in [4.78, 5) is 28.9. The fourth-order valence-corrected chi connectivity index (χ4v) is 3.66. The number of H-pyrrole nitrogens is 1. The Kier molecular flexibility index (Phi) is 6.95. The number of nitrogens with one attached hydrogen (secondary N) is 2. The van der Waals surface area contributed by atoms with Crippen LogP contribution >= 0.6 is 23.8 Å². The van der Waals surface area contributed by atoms with Crippen molar-refractivity contribution < 1.29 is 9.59 Å². The number of carbonyl (C=O) groups excluding carboxylic acids is 2. The van der Waals surface area contributed by atoms with Gasteiger partial charge < -0.3 is 10.2 Å². The van der Waals surface area contributed by atoms with Crippen LogP contribution in [0.3, 0.4) is 0 Å². The van der Waals surface area contributed by atoms with E-state index in [1.807, 2.05) is 32.9 Å². The van der Waals surface area contributed by atoms with Crippen LogP contribution < -0.4 is 5.32 Å². The number of aromatic nitrogens is 3. The molecule has 0 saturated carbocycles. The number of hydrogen-bond donors (Lipinski definition) is 2. The van der Waals surface area contributed by atoms with E-state index in [1.54, 1.807) is 21.6 Å². The van der Waals surface area contributed by atoms with Crippen LogP contribution in [0.15, 0.2) is 24.3 Å². The third-order valence-electron chi connectivity index (χ3n) is 4.76. The van der Waals surface area contributed by atoms with Gasteiger partial charge in [0.15, 0.2) is 10.6 Å². The molecule has 1 aromatic carbocycles. The van der Waals surface area contributed by atoms with Gasteiger partial charge in [0.2, 0.25) is 11.8 Å². The Morgan fingerprint density at radius 3 is 2.37 bits per heavy atom. The highest BCUT2D eigenvalue weighted by atomic mass is 35.5. The van der Waals surface area contributed by atoms with Gasteiger partial charge in [0, 0.05) is 42.3 Å². The lowest BCUT2D eigenvalue weighted by atomic mass is 10.1. The van der Waals surface area contributed by atoms with Gasteiger partial charge >= 0.3 is 0 Å². The SMILES string of the molecule is CC(C)(C)NC(=O)CN1CCN(C(=O)Cn2c(-c3ccc(Cl)cc3)n[nH]c2=S)CC1. The zero-order valence-electron chi connectivity index (χ0n) is 17.4. The first-order valence-electron chi connectivity index (χ1n) is 9.85. The maximum absolute atomic E-state index is 12.9. The average molecular weight is 451 g/mol. The molecule has 0 aliphatic carbocycles. The maximum Gasteiger partial charge on any atom is 0.242 e. The van der Waals surface area contributed by atoms with Crippen LogP contribution in [0.25, 0.3) is 11.4 Å². The van der Waals surface area contributed by atoms with Crippen LogP contribution in [0.2, 0.25) is 5.02 Å². The quantitative estimate of drug-likeness (QED) is 0.683. The summed E-state index contributed by atoms with van der Waals surface area (Å²) in [7, 11) is 0. The molecule has 0 unspecified atom stereocenters. The van der Waals surface area contributed by atoms with Gasteiger partial charge in [-0.3, -0.25) is 24.2 Å². The summed E-state index contributed by atoms with van der Waals surface area (Å²) in [5.41, 5.74) is 0.578.